The first-order chi connectivity index (χ1) is 16.6. The van der Waals surface area contributed by atoms with Gasteiger partial charge in [-0.1, -0.05) is 12.1 Å². The molecular weight excluding hydrogens is 438 g/mol. The Balaban J connectivity index is 1.37. The highest BCUT2D eigenvalue weighted by atomic mass is 16.5. The largest absolute Gasteiger partial charge is 0.460 e. The van der Waals surface area contributed by atoms with Gasteiger partial charge in [0.15, 0.2) is 5.82 Å². The first kappa shape index (κ1) is 22.2. The van der Waals surface area contributed by atoms with Gasteiger partial charge < -0.3 is 19.7 Å². The minimum atomic E-state index is -0.532. The molecule has 1 aliphatic carbocycles. The number of fused-ring (bicyclic) bond motifs is 1. The van der Waals surface area contributed by atoms with Crippen molar-refractivity contribution in [3.63, 3.8) is 0 Å². The fourth-order valence-electron chi connectivity index (χ4n) is 4.35. The summed E-state index contributed by atoms with van der Waals surface area (Å²) in [5, 5.41) is 10.8. The molecule has 1 aliphatic heterocycles. The van der Waals surface area contributed by atoms with Gasteiger partial charge in [-0.25, -0.2) is 0 Å². The maximum absolute atomic E-state index is 11.7. The summed E-state index contributed by atoms with van der Waals surface area (Å²) in [5.41, 5.74) is 1.75. The number of carbonyl (C=O) groups excluding carboxylic acids is 2. The SMILES string of the molecule is CC(=O)C(=O)NC1CCC(Oc2nc(-c3cccc4[nH]ncc34)nc(N3CCOCC3)n2)CC1. The topological polar surface area (TPSA) is 135 Å². The average molecular weight is 466 g/mol. The van der Waals surface area contributed by atoms with Crippen molar-refractivity contribution in [1.29, 1.82) is 0 Å². The Morgan fingerprint density at radius 1 is 1.12 bits per heavy atom. The molecule has 2 aliphatic rings. The molecule has 5 rings (SSSR count). The number of ether oxygens (including phenoxy) is 2. The van der Waals surface area contributed by atoms with Gasteiger partial charge in [0, 0.05) is 37.0 Å². The summed E-state index contributed by atoms with van der Waals surface area (Å²) in [5.74, 6) is 0.0848. The first-order valence-electron chi connectivity index (χ1n) is 11.6. The molecule has 34 heavy (non-hydrogen) atoms. The van der Waals surface area contributed by atoms with E-state index >= 15 is 0 Å². The molecule has 1 aromatic carbocycles. The van der Waals surface area contributed by atoms with Gasteiger partial charge in [0.2, 0.25) is 11.7 Å². The van der Waals surface area contributed by atoms with Crippen LogP contribution in [0.1, 0.15) is 32.6 Å². The van der Waals surface area contributed by atoms with E-state index in [-0.39, 0.29) is 18.2 Å². The number of H-pyrrole nitrogens is 1. The predicted octanol–water partition coefficient (Wildman–Crippen LogP) is 1.65. The number of nitrogens with one attached hydrogen (secondary N) is 2. The Labute approximate surface area is 196 Å². The number of benzene rings is 1. The lowest BCUT2D eigenvalue weighted by Crippen LogP contribution is -2.42. The number of rotatable bonds is 6. The van der Waals surface area contributed by atoms with Crippen molar-refractivity contribution >= 4 is 28.5 Å². The number of ketones is 1. The van der Waals surface area contributed by atoms with Gasteiger partial charge in [0.25, 0.3) is 5.91 Å². The number of hydrogen-bond donors (Lipinski definition) is 2. The number of morpholine rings is 1. The van der Waals surface area contributed by atoms with Gasteiger partial charge >= 0.3 is 6.01 Å². The summed E-state index contributed by atoms with van der Waals surface area (Å²) in [6.07, 6.45) is 4.60. The van der Waals surface area contributed by atoms with Crippen LogP contribution in [0.2, 0.25) is 0 Å². The Bertz CT molecular complexity index is 1180. The quantitative estimate of drug-likeness (QED) is 0.521. The van der Waals surface area contributed by atoms with E-state index in [0.29, 0.717) is 38.1 Å². The number of carbonyl (C=O) groups is 2. The van der Waals surface area contributed by atoms with Crippen molar-refractivity contribution in [2.45, 2.75) is 44.8 Å². The van der Waals surface area contributed by atoms with Crippen LogP contribution in [-0.2, 0) is 14.3 Å². The summed E-state index contributed by atoms with van der Waals surface area (Å²) in [7, 11) is 0. The summed E-state index contributed by atoms with van der Waals surface area (Å²) < 4.78 is 11.7. The monoisotopic (exact) mass is 465 g/mol. The predicted molar refractivity (Wildman–Crippen MR) is 123 cm³/mol. The van der Waals surface area contributed by atoms with E-state index in [1.807, 2.05) is 18.2 Å². The zero-order valence-electron chi connectivity index (χ0n) is 19.0. The van der Waals surface area contributed by atoms with Gasteiger partial charge in [-0.2, -0.15) is 20.1 Å². The number of aromatic nitrogens is 5. The molecule has 0 unspecified atom stereocenters. The van der Waals surface area contributed by atoms with E-state index < -0.39 is 11.7 Å². The molecule has 3 heterocycles. The molecule has 0 bridgehead atoms. The lowest BCUT2D eigenvalue weighted by Gasteiger charge is -2.29. The molecule has 3 aromatic rings. The molecule has 1 amide bonds. The number of hydrogen-bond acceptors (Lipinski definition) is 9. The van der Waals surface area contributed by atoms with Gasteiger partial charge in [-0.05, 0) is 31.7 Å². The molecule has 11 nitrogen and oxygen atoms in total. The van der Waals surface area contributed by atoms with Crippen LogP contribution in [0.3, 0.4) is 0 Å². The number of anilines is 1. The highest BCUT2D eigenvalue weighted by molar-refractivity contribution is 6.35. The molecule has 1 saturated carbocycles. The van der Waals surface area contributed by atoms with Crippen molar-refractivity contribution in [3.05, 3.63) is 24.4 Å². The number of aromatic amines is 1. The summed E-state index contributed by atoms with van der Waals surface area (Å²) in [6.45, 7) is 3.90. The van der Waals surface area contributed by atoms with Crippen LogP contribution >= 0.6 is 0 Å². The maximum Gasteiger partial charge on any atom is 0.322 e. The van der Waals surface area contributed by atoms with Gasteiger partial charge in [-0.3, -0.25) is 14.7 Å². The third-order valence-corrected chi connectivity index (χ3v) is 6.22. The summed E-state index contributed by atoms with van der Waals surface area (Å²) >= 11 is 0. The highest BCUT2D eigenvalue weighted by Gasteiger charge is 2.26. The Kier molecular flexibility index (Phi) is 6.35. The van der Waals surface area contributed by atoms with Crippen molar-refractivity contribution in [2.75, 3.05) is 31.2 Å². The zero-order chi connectivity index (χ0) is 23.5. The van der Waals surface area contributed by atoms with Crippen molar-refractivity contribution in [2.24, 2.45) is 0 Å². The first-order valence-corrected chi connectivity index (χ1v) is 11.6. The molecule has 0 radical (unpaired) electrons. The molecule has 0 atom stereocenters. The maximum atomic E-state index is 11.7. The smallest absolute Gasteiger partial charge is 0.322 e. The van der Waals surface area contributed by atoms with Crippen LogP contribution in [0.25, 0.3) is 22.3 Å². The average Bonchev–Trinajstić information content (AvgIpc) is 3.35. The third kappa shape index (κ3) is 4.84. The van der Waals surface area contributed by atoms with Crippen molar-refractivity contribution in [3.8, 4) is 17.4 Å². The van der Waals surface area contributed by atoms with Crippen LogP contribution in [0.5, 0.6) is 6.01 Å². The second-order valence-corrected chi connectivity index (χ2v) is 8.60. The highest BCUT2D eigenvalue weighted by Crippen LogP contribution is 2.29. The molecule has 2 N–H and O–H groups in total. The molecule has 2 fully saturated rings. The molecule has 0 spiro atoms. The Morgan fingerprint density at radius 2 is 1.91 bits per heavy atom. The van der Waals surface area contributed by atoms with E-state index in [2.05, 4.69) is 30.4 Å². The second kappa shape index (κ2) is 9.72. The van der Waals surface area contributed by atoms with Crippen molar-refractivity contribution in [1.82, 2.24) is 30.5 Å². The van der Waals surface area contributed by atoms with E-state index in [0.717, 1.165) is 42.1 Å². The zero-order valence-corrected chi connectivity index (χ0v) is 19.0. The minimum absolute atomic E-state index is 0.0206. The van der Waals surface area contributed by atoms with Crippen LogP contribution in [0, 0.1) is 0 Å². The lowest BCUT2D eigenvalue weighted by atomic mass is 9.93. The Hall–Kier alpha value is -3.60. The Morgan fingerprint density at radius 3 is 2.68 bits per heavy atom. The van der Waals surface area contributed by atoms with Crippen LogP contribution < -0.4 is 15.0 Å². The van der Waals surface area contributed by atoms with E-state index in [4.69, 9.17) is 14.5 Å². The minimum Gasteiger partial charge on any atom is -0.460 e. The lowest BCUT2D eigenvalue weighted by molar-refractivity contribution is -0.137. The van der Waals surface area contributed by atoms with Gasteiger partial charge in [-0.15, -0.1) is 0 Å². The number of nitrogens with zero attached hydrogens (tertiary/aromatic N) is 5. The molecule has 11 heteroatoms. The standard InChI is InChI=1S/C23H27N7O4/c1-14(31)21(32)25-15-5-7-16(8-6-15)34-23-27-20(17-3-2-4-19-18(17)13-24-29-19)26-22(28-23)30-9-11-33-12-10-30/h2-4,13,15-16H,5-12H2,1H3,(H,24,29)(H,25,32). The molecular formula is C23H27N7O4. The molecule has 1 saturated heterocycles. The van der Waals surface area contributed by atoms with Gasteiger partial charge in [0.1, 0.15) is 6.10 Å². The molecule has 2 aromatic heterocycles. The third-order valence-electron chi connectivity index (χ3n) is 6.22. The van der Waals surface area contributed by atoms with E-state index in [1.54, 1.807) is 6.20 Å². The fourth-order valence-corrected chi connectivity index (χ4v) is 4.35. The van der Waals surface area contributed by atoms with Crippen molar-refractivity contribution < 1.29 is 19.1 Å². The second-order valence-electron chi connectivity index (χ2n) is 8.60. The summed E-state index contributed by atoms with van der Waals surface area (Å²) in [6, 6.07) is 6.11. The van der Waals surface area contributed by atoms with Gasteiger partial charge in [0.05, 0.1) is 24.9 Å². The van der Waals surface area contributed by atoms with Crippen LogP contribution in [-0.4, -0.2) is 75.3 Å². The fraction of sp³-hybridized carbons (Fsp3) is 0.478. The van der Waals surface area contributed by atoms with Crippen LogP contribution in [0.4, 0.5) is 5.95 Å². The molecule has 178 valence electrons. The van der Waals surface area contributed by atoms with Crippen LogP contribution in [0.15, 0.2) is 24.4 Å². The summed E-state index contributed by atoms with van der Waals surface area (Å²) in [4.78, 5) is 39.0. The number of Topliss-reactive ketones (excluding diaryl/α,β-unsaturated/α-hetero) is 1. The van der Waals surface area contributed by atoms with E-state index in [1.165, 1.54) is 6.92 Å². The normalized spacial score (nSPS) is 20.8. The number of amides is 1. The van der Waals surface area contributed by atoms with E-state index in [9.17, 15) is 9.59 Å².